The van der Waals surface area contributed by atoms with Gasteiger partial charge in [0.25, 0.3) is 5.91 Å². The lowest BCUT2D eigenvalue weighted by Crippen LogP contribution is -2.22. The molecule has 1 amide bonds. The number of rotatable bonds is 4. The Kier molecular flexibility index (Phi) is 3.51. The van der Waals surface area contributed by atoms with Crippen molar-refractivity contribution in [1.82, 2.24) is 20.1 Å². The van der Waals surface area contributed by atoms with Crippen LogP contribution >= 0.6 is 0 Å². The van der Waals surface area contributed by atoms with E-state index in [-0.39, 0.29) is 5.91 Å². The van der Waals surface area contributed by atoms with Gasteiger partial charge in [0.15, 0.2) is 0 Å². The summed E-state index contributed by atoms with van der Waals surface area (Å²) in [6, 6.07) is 5.44. The van der Waals surface area contributed by atoms with Crippen molar-refractivity contribution >= 4 is 5.91 Å². The van der Waals surface area contributed by atoms with Crippen LogP contribution in [0.4, 0.5) is 0 Å². The molecule has 0 atom stereocenters. The highest BCUT2D eigenvalue weighted by Crippen LogP contribution is 2.16. The van der Waals surface area contributed by atoms with Crippen LogP contribution in [0, 0.1) is 0 Å². The van der Waals surface area contributed by atoms with Gasteiger partial charge in [0.2, 0.25) is 0 Å². The quantitative estimate of drug-likeness (QED) is 0.794. The molecule has 0 fully saturated rings. The van der Waals surface area contributed by atoms with E-state index in [1.54, 1.807) is 23.1 Å². The number of hydrogen-bond donors (Lipinski definition) is 1. The Bertz CT molecular complexity index is 747. The van der Waals surface area contributed by atoms with Gasteiger partial charge in [0.1, 0.15) is 6.26 Å². The standard InChI is InChI=1S/C15H14N4O2/c1-19-9-13(8-18-19)14-6-11(2-4-16-14)7-17-15(20)12-3-5-21-10-12/h2-6,8-10H,7H2,1H3,(H,17,20). The van der Waals surface area contributed by atoms with Crippen LogP contribution in [0.5, 0.6) is 0 Å². The van der Waals surface area contributed by atoms with Gasteiger partial charge in [-0.15, -0.1) is 0 Å². The fourth-order valence-electron chi connectivity index (χ4n) is 1.97. The van der Waals surface area contributed by atoms with E-state index in [9.17, 15) is 4.79 Å². The molecule has 1 N–H and O–H groups in total. The molecule has 0 aliphatic rings. The summed E-state index contributed by atoms with van der Waals surface area (Å²) in [6.07, 6.45) is 8.28. The van der Waals surface area contributed by atoms with Gasteiger partial charge < -0.3 is 9.73 Å². The van der Waals surface area contributed by atoms with Crippen molar-refractivity contribution in [3.63, 3.8) is 0 Å². The smallest absolute Gasteiger partial charge is 0.254 e. The van der Waals surface area contributed by atoms with Crippen LogP contribution in [-0.2, 0) is 13.6 Å². The summed E-state index contributed by atoms with van der Waals surface area (Å²) in [6.45, 7) is 0.430. The third-order valence-corrected chi connectivity index (χ3v) is 3.06. The number of aryl methyl sites for hydroxylation is 1. The average Bonchev–Trinajstić information content (AvgIpc) is 3.16. The highest BCUT2D eigenvalue weighted by Gasteiger charge is 2.07. The van der Waals surface area contributed by atoms with E-state index in [4.69, 9.17) is 4.42 Å². The van der Waals surface area contributed by atoms with Crippen molar-refractivity contribution in [1.29, 1.82) is 0 Å². The Morgan fingerprint density at radius 3 is 3.05 bits per heavy atom. The summed E-state index contributed by atoms with van der Waals surface area (Å²) < 4.78 is 6.61. The van der Waals surface area contributed by atoms with Crippen molar-refractivity contribution in [2.45, 2.75) is 6.54 Å². The molecule has 0 radical (unpaired) electrons. The monoisotopic (exact) mass is 282 g/mol. The van der Waals surface area contributed by atoms with Crippen LogP contribution in [0.15, 0.2) is 53.7 Å². The molecule has 21 heavy (non-hydrogen) atoms. The average molecular weight is 282 g/mol. The van der Waals surface area contributed by atoms with Gasteiger partial charge in [-0.25, -0.2) is 0 Å². The van der Waals surface area contributed by atoms with Crippen LogP contribution in [-0.4, -0.2) is 20.7 Å². The Hall–Kier alpha value is -2.89. The Morgan fingerprint density at radius 2 is 2.33 bits per heavy atom. The van der Waals surface area contributed by atoms with Gasteiger partial charge in [-0.1, -0.05) is 0 Å². The molecule has 3 aromatic heterocycles. The fraction of sp³-hybridized carbons (Fsp3) is 0.133. The van der Waals surface area contributed by atoms with Crippen LogP contribution in [0.2, 0.25) is 0 Å². The Balaban J connectivity index is 1.70. The lowest BCUT2D eigenvalue weighted by Gasteiger charge is -2.05. The van der Waals surface area contributed by atoms with Crippen molar-refractivity contribution in [3.05, 3.63) is 60.4 Å². The summed E-state index contributed by atoms with van der Waals surface area (Å²) in [4.78, 5) is 16.2. The number of carbonyl (C=O) groups is 1. The summed E-state index contributed by atoms with van der Waals surface area (Å²) in [5.74, 6) is -0.163. The number of hydrogen-bond acceptors (Lipinski definition) is 4. The van der Waals surface area contributed by atoms with E-state index < -0.39 is 0 Å². The molecule has 0 aliphatic heterocycles. The van der Waals surface area contributed by atoms with E-state index in [0.29, 0.717) is 12.1 Å². The van der Waals surface area contributed by atoms with Crippen molar-refractivity contribution in [3.8, 4) is 11.3 Å². The first-order chi connectivity index (χ1) is 10.2. The minimum absolute atomic E-state index is 0.163. The van der Waals surface area contributed by atoms with Gasteiger partial charge in [-0.05, 0) is 23.8 Å². The van der Waals surface area contributed by atoms with E-state index in [2.05, 4.69) is 15.4 Å². The molecule has 0 aromatic carbocycles. The third-order valence-electron chi connectivity index (χ3n) is 3.06. The van der Waals surface area contributed by atoms with Gasteiger partial charge in [-0.2, -0.15) is 5.10 Å². The Labute approximate surface area is 121 Å². The molecular formula is C15H14N4O2. The second-order valence-electron chi connectivity index (χ2n) is 4.65. The largest absolute Gasteiger partial charge is 0.472 e. The number of carbonyl (C=O) groups excluding carboxylic acids is 1. The predicted octanol–water partition coefficient (Wildman–Crippen LogP) is 2.01. The molecule has 3 heterocycles. The highest BCUT2D eigenvalue weighted by atomic mass is 16.3. The minimum Gasteiger partial charge on any atom is -0.472 e. The molecule has 0 saturated heterocycles. The first kappa shape index (κ1) is 13.1. The number of amides is 1. The number of furan rings is 1. The molecule has 0 unspecified atom stereocenters. The maximum Gasteiger partial charge on any atom is 0.254 e. The molecule has 0 aliphatic carbocycles. The minimum atomic E-state index is -0.163. The van der Waals surface area contributed by atoms with Crippen LogP contribution < -0.4 is 5.32 Å². The second-order valence-corrected chi connectivity index (χ2v) is 4.65. The van der Waals surface area contributed by atoms with E-state index in [1.807, 2.05) is 25.4 Å². The summed E-state index contributed by atoms with van der Waals surface area (Å²) >= 11 is 0. The summed E-state index contributed by atoms with van der Waals surface area (Å²) in [7, 11) is 1.86. The molecule has 0 saturated carbocycles. The maximum atomic E-state index is 11.8. The number of nitrogens with zero attached hydrogens (tertiary/aromatic N) is 3. The van der Waals surface area contributed by atoms with Crippen molar-refractivity contribution < 1.29 is 9.21 Å². The predicted molar refractivity (Wildman–Crippen MR) is 76.3 cm³/mol. The first-order valence-corrected chi connectivity index (χ1v) is 6.47. The second kappa shape index (κ2) is 5.62. The van der Waals surface area contributed by atoms with Gasteiger partial charge in [0.05, 0.1) is 23.7 Å². The number of aromatic nitrogens is 3. The van der Waals surface area contributed by atoms with E-state index in [1.165, 1.54) is 12.5 Å². The van der Waals surface area contributed by atoms with Crippen LogP contribution in [0.3, 0.4) is 0 Å². The normalized spacial score (nSPS) is 10.5. The summed E-state index contributed by atoms with van der Waals surface area (Å²) in [5.41, 5.74) is 3.26. The zero-order chi connectivity index (χ0) is 14.7. The number of nitrogens with one attached hydrogen (secondary N) is 1. The molecule has 106 valence electrons. The summed E-state index contributed by atoms with van der Waals surface area (Å²) in [5, 5.41) is 6.96. The van der Waals surface area contributed by atoms with Crippen LogP contribution in [0.1, 0.15) is 15.9 Å². The first-order valence-electron chi connectivity index (χ1n) is 6.47. The molecule has 3 rings (SSSR count). The lowest BCUT2D eigenvalue weighted by molar-refractivity contribution is 0.0950. The maximum absolute atomic E-state index is 11.8. The van der Waals surface area contributed by atoms with Gasteiger partial charge in [-0.3, -0.25) is 14.5 Å². The zero-order valence-corrected chi connectivity index (χ0v) is 11.5. The molecule has 3 aromatic rings. The van der Waals surface area contributed by atoms with E-state index in [0.717, 1.165) is 16.8 Å². The third kappa shape index (κ3) is 3.00. The zero-order valence-electron chi connectivity index (χ0n) is 11.5. The molecular weight excluding hydrogens is 268 g/mol. The number of pyridine rings is 1. The molecule has 0 bridgehead atoms. The van der Waals surface area contributed by atoms with Gasteiger partial charge in [0, 0.05) is 31.5 Å². The molecule has 6 nitrogen and oxygen atoms in total. The lowest BCUT2D eigenvalue weighted by atomic mass is 10.1. The van der Waals surface area contributed by atoms with E-state index >= 15 is 0 Å². The molecule has 6 heteroatoms. The molecule has 0 spiro atoms. The highest BCUT2D eigenvalue weighted by molar-refractivity contribution is 5.93. The van der Waals surface area contributed by atoms with Crippen LogP contribution in [0.25, 0.3) is 11.3 Å². The fourth-order valence-corrected chi connectivity index (χ4v) is 1.97. The Morgan fingerprint density at radius 1 is 1.43 bits per heavy atom. The van der Waals surface area contributed by atoms with Crippen molar-refractivity contribution in [2.24, 2.45) is 7.05 Å². The van der Waals surface area contributed by atoms with Crippen molar-refractivity contribution in [2.75, 3.05) is 0 Å². The topological polar surface area (TPSA) is 73.0 Å². The van der Waals surface area contributed by atoms with Gasteiger partial charge >= 0.3 is 0 Å². The SMILES string of the molecule is Cn1cc(-c2cc(CNC(=O)c3ccoc3)ccn2)cn1.